The molecule has 3 rings (SSSR count). The Kier molecular flexibility index (Phi) is 3.32. The fraction of sp³-hybridized carbons (Fsp3) is 0.235. The van der Waals surface area contributed by atoms with Crippen LogP contribution in [0, 0.1) is 5.92 Å². The fourth-order valence-corrected chi connectivity index (χ4v) is 2.57. The Labute approximate surface area is 113 Å². The number of fused-ring (bicyclic) bond motifs is 1. The highest BCUT2D eigenvalue weighted by molar-refractivity contribution is 5.74. The average molecular weight is 252 g/mol. The first-order valence-corrected chi connectivity index (χ1v) is 6.60. The first-order valence-electron chi connectivity index (χ1n) is 6.60. The van der Waals surface area contributed by atoms with Crippen LogP contribution >= 0.6 is 0 Å². The Hall–Kier alpha value is -2.09. The molecule has 0 fully saturated rings. The van der Waals surface area contributed by atoms with Gasteiger partial charge in [-0.05, 0) is 29.5 Å². The quantitative estimate of drug-likeness (QED) is 0.784. The molecule has 0 saturated heterocycles. The highest BCUT2D eigenvalue weighted by atomic mass is 16.5. The molecule has 0 aromatic heterocycles. The van der Waals surface area contributed by atoms with E-state index in [1.54, 1.807) is 0 Å². The van der Waals surface area contributed by atoms with Crippen LogP contribution in [0.2, 0.25) is 0 Å². The summed E-state index contributed by atoms with van der Waals surface area (Å²) in [5.41, 5.74) is 3.60. The van der Waals surface area contributed by atoms with E-state index in [9.17, 15) is 4.79 Å². The lowest BCUT2D eigenvalue weighted by molar-refractivity contribution is -0.149. The minimum absolute atomic E-state index is 0.0129. The predicted octanol–water partition coefficient (Wildman–Crippen LogP) is 3.14. The zero-order valence-electron chi connectivity index (χ0n) is 10.7. The minimum Gasteiger partial charge on any atom is -0.461 e. The van der Waals surface area contributed by atoms with Crippen LogP contribution in [0.4, 0.5) is 0 Å². The highest BCUT2D eigenvalue weighted by Gasteiger charge is 2.28. The Bertz CT molecular complexity index is 550. The van der Waals surface area contributed by atoms with Crippen LogP contribution in [0.1, 0.15) is 16.7 Å². The van der Waals surface area contributed by atoms with E-state index in [-0.39, 0.29) is 11.9 Å². The topological polar surface area (TPSA) is 26.3 Å². The molecule has 0 unspecified atom stereocenters. The normalized spacial score (nSPS) is 14.1. The van der Waals surface area contributed by atoms with Gasteiger partial charge in [0, 0.05) is 0 Å². The smallest absolute Gasteiger partial charge is 0.309 e. The fourth-order valence-electron chi connectivity index (χ4n) is 2.57. The van der Waals surface area contributed by atoms with E-state index in [1.165, 1.54) is 11.1 Å². The molecule has 0 aliphatic heterocycles. The van der Waals surface area contributed by atoms with Gasteiger partial charge in [0.25, 0.3) is 0 Å². The van der Waals surface area contributed by atoms with E-state index in [1.807, 2.05) is 42.5 Å². The lowest BCUT2D eigenvalue weighted by Gasteiger charge is -2.09. The van der Waals surface area contributed by atoms with Gasteiger partial charge >= 0.3 is 5.97 Å². The molecule has 0 heterocycles. The van der Waals surface area contributed by atoms with E-state index >= 15 is 0 Å². The number of ether oxygens (including phenoxy) is 1. The summed E-state index contributed by atoms with van der Waals surface area (Å²) >= 11 is 0. The van der Waals surface area contributed by atoms with Crippen molar-refractivity contribution in [3.05, 3.63) is 71.3 Å². The number of rotatable bonds is 3. The monoisotopic (exact) mass is 252 g/mol. The molecule has 0 bridgehead atoms. The SMILES string of the molecule is O=C(OCc1ccccc1)C1Cc2ccccc2C1. The lowest BCUT2D eigenvalue weighted by Crippen LogP contribution is -2.17. The largest absolute Gasteiger partial charge is 0.461 e. The number of benzene rings is 2. The predicted molar refractivity (Wildman–Crippen MR) is 73.6 cm³/mol. The standard InChI is InChI=1S/C17H16O2/c18-17(19-12-13-6-2-1-3-7-13)16-10-14-8-4-5-9-15(14)11-16/h1-9,16H,10-12H2. The van der Waals surface area contributed by atoms with E-state index in [0.717, 1.165) is 18.4 Å². The van der Waals surface area contributed by atoms with Crippen LogP contribution < -0.4 is 0 Å². The van der Waals surface area contributed by atoms with Gasteiger partial charge in [-0.15, -0.1) is 0 Å². The Morgan fingerprint density at radius 2 is 1.53 bits per heavy atom. The molecule has 0 N–H and O–H groups in total. The van der Waals surface area contributed by atoms with Crippen molar-refractivity contribution in [1.29, 1.82) is 0 Å². The maximum Gasteiger partial charge on any atom is 0.309 e. The minimum atomic E-state index is -0.0833. The molecule has 1 aliphatic rings. The number of esters is 1. The number of hydrogen-bond acceptors (Lipinski definition) is 2. The highest BCUT2D eigenvalue weighted by Crippen LogP contribution is 2.27. The van der Waals surface area contributed by atoms with Crippen LogP contribution in [0.3, 0.4) is 0 Å². The Morgan fingerprint density at radius 1 is 0.947 bits per heavy atom. The zero-order chi connectivity index (χ0) is 13.1. The summed E-state index contributed by atoms with van der Waals surface area (Å²) in [6, 6.07) is 18.0. The summed E-state index contributed by atoms with van der Waals surface area (Å²) in [5.74, 6) is -0.0961. The van der Waals surface area contributed by atoms with E-state index in [0.29, 0.717) is 6.61 Å². The molecular weight excluding hydrogens is 236 g/mol. The third-order valence-electron chi connectivity index (χ3n) is 3.61. The van der Waals surface area contributed by atoms with Crippen molar-refractivity contribution in [3.63, 3.8) is 0 Å². The number of hydrogen-bond donors (Lipinski definition) is 0. The van der Waals surface area contributed by atoms with Crippen molar-refractivity contribution in [3.8, 4) is 0 Å². The van der Waals surface area contributed by atoms with Crippen LogP contribution in [-0.4, -0.2) is 5.97 Å². The van der Waals surface area contributed by atoms with Crippen molar-refractivity contribution in [2.75, 3.05) is 0 Å². The van der Waals surface area contributed by atoms with E-state index in [4.69, 9.17) is 4.74 Å². The van der Waals surface area contributed by atoms with Crippen LogP contribution in [0.5, 0.6) is 0 Å². The van der Waals surface area contributed by atoms with Gasteiger partial charge in [0.2, 0.25) is 0 Å². The molecule has 2 nitrogen and oxygen atoms in total. The molecule has 2 aromatic rings. The van der Waals surface area contributed by atoms with Gasteiger partial charge < -0.3 is 4.74 Å². The van der Waals surface area contributed by atoms with Gasteiger partial charge in [-0.2, -0.15) is 0 Å². The van der Waals surface area contributed by atoms with Crippen LogP contribution in [0.25, 0.3) is 0 Å². The lowest BCUT2D eigenvalue weighted by atomic mass is 10.1. The van der Waals surface area contributed by atoms with Crippen molar-refractivity contribution in [2.24, 2.45) is 5.92 Å². The van der Waals surface area contributed by atoms with Crippen molar-refractivity contribution in [2.45, 2.75) is 19.4 Å². The van der Waals surface area contributed by atoms with E-state index < -0.39 is 0 Å². The van der Waals surface area contributed by atoms with Crippen molar-refractivity contribution in [1.82, 2.24) is 0 Å². The summed E-state index contributed by atoms with van der Waals surface area (Å²) in [6.45, 7) is 0.368. The molecule has 2 aromatic carbocycles. The van der Waals surface area contributed by atoms with Gasteiger partial charge in [0.1, 0.15) is 6.61 Å². The van der Waals surface area contributed by atoms with Gasteiger partial charge in [0.05, 0.1) is 5.92 Å². The van der Waals surface area contributed by atoms with Crippen molar-refractivity contribution >= 4 is 5.97 Å². The molecule has 0 radical (unpaired) electrons. The summed E-state index contributed by atoms with van der Waals surface area (Å²) in [4.78, 5) is 12.1. The molecule has 0 amide bonds. The molecule has 2 heteroatoms. The third kappa shape index (κ3) is 2.68. The molecule has 1 aliphatic carbocycles. The summed E-state index contributed by atoms with van der Waals surface area (Å²) in [7, 11) is 0. The molecule has 96 valence electrons. The molecule has 0 spiro atoms. The number of carbonyl (C=O) groups is 1. The maximum absolute atomic E-state index is 12.1. The maximum atomic E-state index is 12.1. The number of carbonyl (C=O) groups excluding carboxylic acids is 1. The first-order chi connectivity index (χ1) is 9.33. The van der Waals surface area contributed by atoms with Gasteiger partial charge in [-0.25, -0.2) is 0 Å². The summed E-state index contributed by atoms with van der Waals surface area (Å²) in [6.07, 6.45) is 1.62. The van der Waals surface area contributed by atoms with E-state index in [2.05, 4.69) is 12.1 Å². The summed E-state index contributed by atoms with van der Waals surface area (Å²) in [5, 5.41) is 0. The van der Waals surface area contributed by atoms with Crippen molar-refractivity contribution < 1.29 is 9.53 Å². The Balaban J connectivity index is 1.58. The molecular formula is C17H16O2. The zero-order valence-corrected chi connectivity index (χ0v) is 10.7. The molecule has 0 atom stereocenters. The second-order valence-electron chi connectivity index (χ2n) is 4.97. The first kappa shape index (κ1) is 12.0. The van der Waals surface area contributed by atoms with Crippen LogP contribution in [-0.2, 0) is 29.0 Å². The van der Waals surface area contributed by atoms with Crippen LogP contribution in [0.15, 0.2) is 54.6 Å². The second-order valence-corrected chi connectivity index (χ2v) is 4.97. The molecule has 19 heavy (non-hydrogen) atoms. The van der Waals surface area contributed by atoms with Gasteiger partial charge in [-0.1, -0.05) is 54.6 Å². The average Bonchev–Trinajstić information content (AvgIpc) is 2.90. The third-order valence-corrected chi connectivity index (χ3v) is 3.61. The second kappa shape index (κ2) is 5.27. The van der Waals surface area contributed by atoms with Gasteiger partial charge in [-0.3, -0.25) is 4.79 Å². The molecule has 0 saturated carbocycles. The van der Waals surface area contributed by atoms with Gasteiger partial charge in [0.15, 0.2) is 0 Å². The summed E-state index contributed by atoms with van der Waals surface area (Å²) < 4.78 is 5.40. The Morgan fingerprint density at radius 3 is 2.16 bits per heavy atom.